The number of nitrogens with zero attached hydrogens (tertiary/aromatic N) is 1. The topological polar surface area (TPSA) is 75.8 Å². The number of piperidine rings is 1. The summed E-state index contributed by atoms with van der Waals surface area (Å²) in [7, 11) is 0. The van der Waals surface area contributed by atoms with Gasteiger partial charge >= 0.3 is 0 Å². The number of primary amides is 1. The van der Waals surface area contributed by atoms with E-state index in [1.54, 1.807) is 24.3 Å². The normalized spacial score (nSPS) is 16.7. The van der Waals surface area contributed by atoms with Gasteiger partial charge in [0.15, 0.2) is 0 Å². The molecule has 3 rings (SSSR count). The van der Waals surface area contributed by atoms with Crippen LogP contribution in [0.4, 0.5) is 4.39 Å². The molecule has 1 unspecified atom stereocenters. The van der Waals surface area contributed by atoms with Crippen molar-refractivity contribution in [3.63, 3.8) is 0 Å². The SMILES string of the molecule is NC(=O)c1cc(Cl)ccc1OCC(O)C1CCN(Cc2ccc(F)cc2)CC1. The Bertz CT molecular complexity index is 808. The van der Waals surface area contributed by atoms with E-state index in [1.807, 2.05) is 0 Å². The van der Waals surface area contributed by atoms with Crippen molar-refractivity contribution >= 4 is 17.5 Å². The van der Waals surface area contributed by atoms with Gasteiger partial charge in [0.2, 0.25) is 0 Å². The van der Waals surface area contributed by atoms with E-state index in [-0.39, 0.29) is 23.9 Å². The number of hydrogen-bond acceptors (Lipinski definition) is 4. The smallest absolute Gasteiger partial charge is 0.252 e. The predicted molar refractivity (Wildman–Crippen MR) is 106 cm³/mol. The van der Waals surface area contributed by atoms with Crippen LogP contribution in [0.1, 0.15) is 28.8 Å². The highest BCUT2D eigenvalue weighted by Crippen LogP contribution is 2.25. The van der Waals surface area contributed by atoms with Crippen LogP contribution in [-0.4, -0.2) is 41.7 Å². The Kier molecular flexibility index (Phi) is 6.88. The fourth-order valence-electron chi connectivity index (χ4n) is 3.48. The number of amides is 1. The zero-order valence-corrected chi connectivity index (χ0v) is 16.2. The van der Waals surface area contributed by atoms with Gasteiger partial charge in [-0.15, -0.1) is 0 Å². The molecule has 1 aliphatic rings. The van der Waals surface area contributed by atoms with Crippen LogP contribution in [-0.2, 0) is 6.54 Å². The predicted octanol–water partition coefficient (Wildman–Crippen LogP) is 3.23. The molecule has 28 heavy (non-hydrogen) atoms. The van der Waals surface area contributed by atoms with Gasteiger partial charge in [0.25, 0.3) is 5.91 Å². The number of rotatable bonds is 7. The second kappa shape index (κ2) is 9.37. The molecule has 0 radical (unpaired) electrons. The monoisotopic (exact) mass is 406 g/mol. The molecule has 7 heteroatoms. The van der Waals surface area contributed by atoms with Crippen LogP contribution >= 0.6 is 11.6 Å². The summed E-state index contributed by atoms with van der Waals surface area (Å²) in [6.07, 6.45) is 1.05. The molecule has 0 aromatic heterocycles. The first-order valence-corrected chi connectivity index (χ1v) is 9.67. The Morgan fingerprint density at radius 2 is 1.93 bits per heavy atom. The van der Waals surface area contributed by atoms with Crippen molar-refractivity contribution in [1.82, 2.24) is 4.90 Å². The Hall–Kier alpha value is -2.15. The fraction of sp³-hybridized carbons (Fsp3) is 0.381. The van der Waals surface area contributed by atoms with Crippen LogP contribution in [0.15, 0.2) is 42.5 Å². The van der Waals surface area contributed by atoms with Gasteiger partial charge in [-0.05, 0) is 67.7 Å². The van der Waals surface area contributed by atoms with E-state index >= 15 is 0 Å². The van der Waals surface area contributed by atoms with Gasteiger partial charge < -0.3 is 15.6 Å². The highest BCUT2D eigenvalue weighted by atomic mass is 35.5. The maximum atomic E-state index is 13.0. The third-order valence-electron chi connectivity index (χ3n) is 5.11. The lowest BCUT2D eigenvalue weighted by atomic mass is 9.91. The molecule has 2 aromatic rings. The zero-order chi connectivity index (χ0) is 20.1. The van der Waals surface area contributed by atoms with Crippen LogP contribution in [0, 0.1) is 11.7 Å². The Morgan fingerprint density at radius 3 is 2.57 bits per heavy atom. The van der Waals surface area contributed by atoms with E-state index in [1.165, 1.54) is 18.2 Å². The number of carbonyl (C=O) groups is 1. The number of nitrogens with two attached hydrogens (primary N) is 1. The first-order valence-electron chi connectivity index (χ1n) is 9.29. The third kappa shape index (κ3) is 5.44. The number of halogens is 2. The van der Waals surface area contributed by atoms with Gasteiger partial charge in [0.1, 0.15) is 18.2 Å². The van der Waals surface area contributed by atoms with Crippen LogP contribution in [0.5, 0.6) is 5.75 Å². The molecule has 150 valence electrons. The van der Waals surface area contributed by atoms with Crippen molar-refractivity contribution in [3.05, 3.63) is 64.4 Å². The molecule has 1 heterocycles. The van der Waals surface area contributed by atoms with E-state index < -0.39 is 12.0 Å². The van der Waals surface area contributed by atoms with Crippen LogP contribution in [0.3, 0.4) is 0 Å². The summed E-state index contributed by atoms with van der Waals surface area (Å²) < 4.78 is 18.6. The lowest BCUT2D eigenvalue weighted by molar-refractivity contribution is 0.0242. The maximum Gasteiger partial charge on any atom is 0.252 e. The molecule has 5 nitrogen and oxygen atoms in total. The molecule has 0 aliphatic carbocycles. The van der Waals surface area contributed by atoms with Crippen molar-refractivity contribution in [2.24, 2.45) is 11.7 Å². The van der Waals surface area contributed by atoms with Crippen molar-refractivity contribution < 1.29 is 19.0 Å². The Morgan fingerprint density at radius 1 is 1.25 bits per heavy atom. The first kappa shape index (κ1) is 20.6. The van der Waals surface area contributed by atoms with E-state index in [2.05, 4.69) is 4.90 Å². The summed E-state index contributed by atoms with van der Waals surface area (Å²) in [6, 6.07) is 11.2. The Labute approximate surface area is 168 Å². The summed E-state index contributed by atoms with van der Waals surface area (Å²) in [6.45, 7) is 2.57. The summed E-state index contributed by atoms with van der Waals surface area (Å²) in [4.78, 5) is 13.8. The second-order valence-electron chi connectivity index (χ2n) is 7.12. The van der Waals surface area contributed by atoms with Gasteiger partial charge in [0, 0.05) is 11.6 Å². The quantitative estimate of drug-likeness (QED) is 0.740. The van der Waals surface area contributed by atoms with Gasteiger partial charge in [-0.3, -0.25) is 9.69 Å². The molecule has 1 fully saturated rings. The van der Waals surface area contributed by atoms with E-state index in [0.717, 1.165) is 38.0 Å². The van der Waals surface area contributed by atoms with Crippen molar-refractivity contribution in [3.8, 4) is 5.75 Å². The number of likely N-dealkylation sites (tertiary alicyclic amines) is 1. The molecule has 2 aromatic carbocycles. The lowest BCUT2D eigenvalue weighted by Crippen LogP contribution is -2.39. The minimum Gasteiger partial charge on any atom is -0.490 e. The van der Waals surface area contributed by atoms with Gasteiger partial charge in [-0.1, -0.05) is 23.7 Å². The van der Waals surface area contributed by atoms with Crippen LogP contribution < -0.4 is 10.5 Å². The Balaban J connectivity index is 1.48. The molecule has 0 saturated carbocycles. The van der Waals surface area contributed by atoms with Crippen molar-refractivity contribution in [1.29, 1.82) is 0 Å². The first-order chi connectivity index (χ1) is 13.4. The molecular formula is C21H24ClFN2O3. The number of benzene rings is 2. The average molecular weight is 407 g/mol. The number of ether oxygens (including phenoxy) is 1. The molecule has 0 spiro atoms. The summed E-state index contributed by atoms with van der Waals surface area (Å²) >= 11 is 5.89. The van der Waals surface area contributed by atoms with E-state index in [4.69, 9.17) is 22.1 Å². The zero-order valence-electron chi connectivity index (χ0n) is 15.5. The van der Waals surface area contributed by atoms with E-state index in [0.29, 0.717) is 10.8 Å². The lowest BCUT2D eigenvalue weighted by Gasteiger charge is -2.34. The van der Waals surface area contributed by atoms with Crippen LogP contribution in [0.25, 0.3) is 0 Å². The molecule has 1 aliphatic heterocycles. The highest BCUT2D eigenvalue weighted by Gasteiger charge is 2.26. The van der Waals surface area contributed by atoms with Crippen molar-refractivity contribution in [2.45, 2.75) is 25.5 Å². The van der Waals surface area contributed by atoms with E-state index in [9.17, 15) is 14.3 Å². The average Bonchev–Trinajstić information content (AvgIpc) is 2.69. The van der Waals surface area contributed by atoms with Crippen LogP contribution in [0.2, 0.25) is 5.02 Å². The minimum atomic E-state index is -0.635. The highest BCUT2D eigenvalue weighted by molar-refractivity contribution is 6.31. The van der Waals surface area contributed by atoms with Crippen molar-refractivity contribution in [2.75, 3.05) is 19.7 Å². The standard InChI is InChI=1S/C21H24ClFN2O3/c22-16-3-6-20(18(11-16)21(24)27)28-13-19(26)15-7-9-25(10-8-15)12-14-1-4-17(23)5-2-14/h1-6,11,15,19,26H,7-10,12-13H2,(H2,24,27). The third-order valence-corrected chi connectivity index (χ3v) is 5.35. The fourth-order valence-corrected chi connectivity index (χ4v) is 3.65. The molecule has 1 amide bonds. The van der Waals surface area contributed by atoms with Gasteiger partial charge in [0.05, 0.1) is 11.7 Å². The number of hydrogen-bond donors (Lipinski definition) is 2. The summed E-state index contributed by atoms with van der Waals surface area (Å²) in [5.41, 5.74) is 6.63. The summed E-state index contributed by atoms with van der Waals surface area (Å²) in [5.74, 6) is -0.412. The maximum absolute atomic E-state index is 13.0. The largest absolute Gasteiger partial charge is 0.490 e. The number of carbonyl (C=O) groups excluding carboxylic acids is 1. The number of aliphatic hydroxyl groups is 1. The molecule has 1 atom stereocenters. The molecule has 0 bridgehead atoms. The molecular weight excluding hydrogens is 383 g/mol. The molecule has 3 N–H and O–H groups in total. The summed E-state index contributed by atoms with van der Waals surface area (Å²) in [5, 5.41) is 10.9. The van der Waals surface area contributed by atoms with Gasteiger partial charge in [-0.25, -0.2) is 4.39 Å². The van der Waals surface area contributed by atoms with Gasteiger partial charge in [-0.2, -0.15) is 0 Å². The molecule has 1 saturated heterocycles. The second-order valence-corrected chi connectivity index (χ2v) is 7.56. The minimum absolute atomic E-state index is 0.0878. The number of aliphatic hydroxyl groups excluding tert-OH is 1.